The molecule has 0 aliphatic heterocycles. The lowest BCUT2D eigenvalue weighted by Gasteiger charge is -2.21. The van der Waals surface area contributed by atoms with E-state index in [0.29, 0.717) is 18.1 Å². The fourth-order valence-electron chi connectivity index (χ4n) is 1.55. The predicted molar refractivity (Wildman–Crippen MR) is 70.2 cm³/mol. The van der Waals surface area contributed by atoms with E-state index in [2.05, 4.69) is 20.8 Å². The van der Waals surface area contributed by atoms with Crippen LogP contribution in [0.1, 0.15) is 52.9 Å². The van der Waals surface area contributed by atoms with Crippen LogP contribution in [0.15, 0.2) is 0 Å². The molecular formula is C12H27NO2S. The number of hydrogen-bond acceptors (Lipinski definition) is 3. The highest BCUT2D eigenvalue weighted by atomic mass is 32.2. The molecule has 0 radical (unpaired) electrons. The van der Waals surface area contributed by atoms with Crippen molar-refractivity contribution in [2.24, 2.45) is 11.1 Å². The van der Waals surface area contributed by atoms with Gasteiger partial charge in [0.1, 0.15) is 9.84 Å². The van der Waals surface area contributed by atoms with Gasteiger partial charge < -0.3 is 5.73 Å². The first-order valence-corrected chi connectivity index (χ1v) is 8.05. The van der Waals surface area contributed by atoms with E-state index in [9.17, 15) is 8.42 Å². The highest BCUT2D eigenvalue weighted by molar-refractivity contribution is 7.91. The molecule has 0 spiro atoms. The van der Waals surface area contributed by atoms with E-state index in [-0.39, 0.29) is 5.41 Å². The highest BCUT2D eigenvalue weighted by Gasteiger charge is 2.17. The van der Waals surface area contributed by atoms with Crippen LogP contribution in [-0.2, 0) is 9.84 Å². The average molecular weight is 249 g/mol. The van der Waals surface area contributed by atoms with Crippen molar-refractivity contribution < 1.29 is 8.42 Å². The molecule has 0 rings (SSSR count). The lowest BCUT2D eigenvalue weighted by atomic mass is 9.88. The van der Waals surface area contributed by atoms with Gasteiger partial charge in [-0.2, -0.15) is 0 Å². The van der Waals surface area contributed by atoms with Gasteiger partial charge >= 0.3 is 0 Å². The van der Waals surface area contributed by atoms with Crippen LogP contribution >= 0.6 is 0 Å². The minimum Gasteiger partial charge on any atom is -0.330 e. The smallest absolute Gasteiger partial charge is 0.150 e. The molecule has 0 aliphatic rings. The lowest BCUT2D eigenvalue weighted by molar-refractivity contribution is 0.344. The summed E-state index contributed by atoms with van der Waals surface area (Å²) in [6.45, 7) is 6.85. The zero-order valence-corrected chi connectivity index (χ0v) is 11.8. The summed E-state index contributed by atoms with van der Waals surface area (Å²) in [4.78, 5) is 0. The number of unbranched alkanes of at least 4 members (excludes halogenated alkanes) is 2. The normalized spacial score (nSPS) is 13.0. The maximum atomic E-state index is 11.6. The molecule has 3 nitrogen and oxygen atoms in total. The SMILES string of the molecule is CCCCCS(=O)(=O)CCCC(C)(C)CN. The second-order valence-electron chi connectivity index (χ2n) is 5.33. The van der Waals surface area contributed by atoms with Crippen LogP contribution in [-0.4, -0.2) is 26.5 Å². The maximum Gasteiger partial charge on any atom is 0.150 e. The molecule has 16 heavy (non-hydrogen) atoms. The fraction of sp³-hybridized carbons (Fsp3) is 1.00. The molecule has 0 aromatic heterocycles. The minimum absolute atomic E-state index is 0.0684. The van der Waals surface area contributed by atoms with Gasteiger partial charge in [0, 0.05) is 0 Å². The third-order valence-corrected chi connectivity index (χ3v) is 4.74. The van der Waals surface area contributed by atoms with Gasteiger partial charge in [-0.1, -0.05) is 33.6 Å². The van der Waals surface area contributed by atoms with E-state index < -0.39 is 9.84 Å². The van der Waals surface area contributed by atoms with E-state index >= 15 is 0 Å². The number of sulfone groups is 1. The Kier molecular flexibility index (Phi) is 7.24. The molecule has 0 aliphatic carbocycles. The largest absolute Gasteiger partial charge is 0.330 e. The van der Waals surface area contributed by atoms with Gasteiger partial charge in [-0.15, -0.1) is 0 Å². The van der Waals surface area contributed by atoms with Crippen LogP contribution in [0.2, 0.25) is 0 Å². The van der Waals surface area contributed by atoms with E-state index in [1.54, 1.807) is 0 Å². The Morgan fingerprint density at radius 3 is 2.12 bits per heavy atom. The molecule has 4 heteroatoms. The minimum atomic E-state index is -2.83. The van der Waals surface area contributed by atoms with Crippen LogP contribution in [0.3, 0.4) is 0 Å². The zero-order chi connectivity index (χ0) is 12.7. The van der Waals surface area contributed by atoms with Crippen LogP contribution < -0.4 is 5.73 Å². The summed E-state index contributed by atoms with van der Waals surface area (Å²) in [5.74, 6) is 0.671. The predicted octanol–water partition coefficient (Wildman–Crippen LogP) is 2.36. The highest BCUT2D eigenvalue weighted by Crippen LogP contribution is 2.20. The van der Waals surface area contributed by atoms with Crippen LogP contribution in [0.5, 0.6) is 0 Å². The second-order valence-corrected chi connectivity index (χ2v) is 7.63. The molecule has 0 atom stereocenters. The van der Waals surface area contributed by atoms with Crippen LogP contribution in [0.25, 0.3) is 0 Å². The van der Waals surface area contributed by atoms with Gasteiger partial charge in [0.05, 0.1) is 11.5 Å². The lowest BCUT2D eigenvalue weighted by Crippen LogP contribution is -2.24. The van der Waals surface area contributed by atoms with Crippen molar-refractivity contribution in [3.05, 3.63) is 0 Å². The Morgan fingerprint density at radius 1 is 1.06 bits per heavy atom. The van der Waals surface area contributed by atoms with Crippen molar-refractivity contribution in [2.75, 3.05) is 18.1 Å². The van der Waals surface area contributed by atoms with Crippen molar-refractivity contribution in [3.63, 3.8) is 0 Å². The first-order valence-electron chi connectivity index (χ1n) is 6.23. The Bertz CT molecular complexity index is 271. The maximum absolute atomic E-state index is 11.6. The van der Waals surface area contributed by atoms with Crippen molar-refractivity contribution in [2.45, 2.75) is 52.9 Å². The molecule has 98 valence electrons. The molecule has 0 bridgehead atoms. The first kappa shape index (κ1) is 15.9. The van der Waals surface area contributed by atoms with Gasteiger partial charge in [0.25, 0.3) is 0 Å². The summed E-state index contributed by atoms with van der Waals surface area (Å²) in [5, 5.41) is 0. The van der Waals surface area contributed by atoms with E-state index in [0.717, 1.165) is 32.1 Å². The first-order chi connectivity index (χ1) is 7.33. The molecule has 0 amide bonds. The number of nitrogens with two attached hydrogens (primary N) is 1. The van der Waals surface area contributed by atoms with Crippen molar-refractivity contribution in [1.29, 1.82) is 0 Å². The van der Waals surface area contributed by atoms with Gasteiger partial charge in [-0.05, 0) is 31.2 Å². The fourth-order valence-corrected chi connectivity index (χ4v) is 2.98. The number of rotatable bonds is 9. The summed E-state index contributed by atoms with van der Waals surface area (Å²) in [6.07, 6.45) is 4.50. The molecule has 0 aromatic carbocycles. The molecule has 0 saturated heterocycles. The third-order valence-electron chi connectivity index (χ3n) is 2.92. The van der Waals surface area contributed by atoms with Gasteiger partial charge in [-0.25, -0.2) is 8.42 Å². The summed E-state index contributed by atoms with van der Waals surface area (Å²) < 4.78 is 23.3. The molecule has 2 N–H and O–H groups in total. The van der Waals surface area contributed by atoms with Crippen molar-refractivity contribution in [3.8, 4) is 0 Å². The molecular weight excluding hydrogens is 222 g/mol. The van der Waals surface area contributed by atoms with E-state index in [1.807, 2.05) is 0 Å². The molecule has 0 fully saturated rings. The Hall–Kier alpha value is -0.0900. The van der Waals surface area contributed by atoms with E-state index in [4.69, 9.17) is 5.73 Å². The zero-order valence-electron chi connectivity index (χ0n) is 11.0. The quantitative estimate of drug-likeness (QED) is 0.638. The van der Waals surface area contributed by atoms with Gasteiger partial charge in [0.2, 0.25) is 0 Å². The molecule has 0 heterocycles. The molecule has 0 saturated carbocycles. The van der Waals surface area contributed by atoms with Gasteiger partial charge in [-0.3, -0.25) is 0 Å². The number of hydrogen-bond donors (Lipinski definition) is 1. The van der Waals surface area contributed by atoms with Crippen LogP contribution in [0, 0.1) is 5.41 Å². The average Bonchev–Trinajstić information content (AvgIpc) is 2.17. The summed E-state index contributed by atoms with van der Waals surface area (Å²) in [5.41, 5.74) is 5.67. The topological polar surface area (TPSA) is 60.2 Å². The third kappa shape index (κ3) is 8.11. The Labute approximate surface area is 101 Å². The standard InChI is InChI=1S/C12H27NO2S/c1-4-5-6-9-16(14,15)10-7-8-12(2,3)11-13/h4-11,13H2,1-3H3. The Balaban J connectivity index is 3.83. The molecule has 0 aromatic rings. The summed E-state index contributed by atoms with van der Waals surface area (Å²) in [7, 11) is -2.83. The summed E-state index contributed by atoms with van der Waals surface area (Å²) in [6, 6.07) is 0. The monoisotopic (exact) mass is 249 g/mol. The Morgan fingerprint density at radius 2 is 1.62 bits per heavy atom. The second kappa shape index (κ2) is 7.28. The van der Waals surface area contributed by atoms with Crippen molar-refractivity contribution in [1.82, 2.24) is 0 Å². The summed E-state index contributed by atoms with van der Waals surface area (Å²) >= 11 is 0. The van der Waals surface area contributed by atoms with Crippen LogP contribution in [0.4, 0.5) is 0 Å². The van der Waals surface area contributed by atoms with Gasteiger partial charge in [0.15, 0.2) is 0 Å². The van der Waals surface area contributed by atoms with E-state index in [1.165, 1.54) is 0 Å². The van der Waals surface area contributed by atoms with Crippen molar-refractivity contribution >= 4 is 9.84 Å². The molecule has 0 unspecified atom stereocenters.